The molecule has 1 aromatic rings. The highest BCUT2D eigenvalue weighted by Gasteiger charge is 2.41. The van der Waals surface area contributed by atoms with Gasteiger partial charge in [0.15, 0.2) is 0 Å². The van der Waals surface area contributed by atoms with Crippen LogP contribution in [0, 0.1) is 12.3 Å². The molecule has 0 bridgehead atoms. The zero-order valence-electron chi connectivity index (χ0n) is 15.4. The molecule has 0 radical (unpaired) electrons. The van der Waals surface area contributed by atoms with Gasteiger partial charge in [-0.1, -0.05) is 29.8 Å². The van der Waals surface area contributed by atoms with E-state index in [0.717, 1.165) is 30.4 Å². The molecule has 2 aliphatic heterocycles. The van der Waals surface area contributed by atoms with E-state index in [1.54, 1.807) is 4.90 Å². The summed E-state index contributed by atoms with van der Waals surface area (Å²) in [6, 6.07) is 8.05. The van der Waals surface area contributed by atoms with Gasteiger partial charge in [-0.25, -0.2) is 0 Å². The molecule has 0 unspecified atom stereocenters. The smallest absolute Gasteiger partial charge is 0.237 e. The number of aryl methyl sites for hydroxylation is 1. The third-order valence-corrected chi connectivity index (χ3v) is 5.71. The molecule has 1 aromatic carbocycles. The molecular formula is C20H27N3O3. The van der Waals surface area contributed by atoms with Crippen LogP contribution in [0.5, 0.6) is 0 Å². The van der Waals surface area contributed by atoms with Gasteiger partial charge in [0, 0.05) is 26.1 Å². The van der Waals surface area contributed by atoms with Gasteiger partial charge >= 0.3 is 0 Å². The fourth-order valence-electron chi connectivity index (χ4n) is 4.18. The highest BCUT2D eigenvalue weighted by Crippen LogP contribution is 2.40. The zero-order valence-corrected chi connectivity index (χ0v) is 15.4. The highest BCUT2D eigenvalue weighted by atomic mass is 16.2. The number of amides is 3. The summed E-state index contributed by atoms with van der Waals surface area (Å²) in [5.74, 6) is -0.306. The second kappa shape index (κ2) is 7.48. The summed E-state index contributed by atoms with van der Waals surface area (Å²) in [5.41, 5.74) is 7.49. The third kappa shape index (κ3) is 4.23. The minimum absolute atomic E-state index is 0.00339. The summed E-state index contributed by atoms with van der Waals surface area (Å²) in [4.78, 5) is 39.3. The van der Waals surface area contributed by atoms with Crippen LogP contribution in [-0.2, 0) is 20.8 Å². The molecule has 0 saturated carbocycles. The Bertz CT molecular complexity index is 708. The van der Waals surface area contributed by atoms with Gasteiger partial charge in [-0.3, -0.25) is 14.4 Å². The van der Waals surface area contributed by atoms with E-state index in [0.29, 0.717) is 32.5 Å². The molecule has 2 saturated heterocycles. The van der Waals surface area contributed by atoms with Crippen molar-refractivity contribution in [2.24, 2.45) is 11.1 Å². The van der Waals surface area contributed by atoms with Gasteiger partial charge in [0.2, 0.25) is 17.7 Å². The minimum atomic E-state index is -0.471. The average molecular weight is 357 g/mol. The topological polar surface area (TPSA) is 83.7 Å². The van der Waals surface area contributed by atoms with Crippen LogP contribution in [0.25, 0.3) is 0 Å². The maximum atomic E-state index is 12.6. The largest absolute Gasteiger partial charge is 0.368 e. The van der Waals surface area contributed by atoms with E-state index >= 15 is 0 Å². The normalized spacial score (nSPS) is 19.7. The van der Waals surface area contributed by atoms with E-state index in [-0.39, 0.29) is 23.8 Å². The fourth-order valence-corrected chi connectivity index (χ4v) is 4.18. The summed E-state index contributed by atoms with van der Waals surface area (Å²) in [6.07, 6.45) is 3.47. The van der Waals surface area contributed by atoms with Crippen molar-refractivity contribution in [1.29, 1.82) is 0 Å². The lowest BCUT2D eigenvalue weighted by atomic mass is 9.72. The SMILES string of the molecule is Cc1cccc(CC(=O)N2CCC3(CCC(=O)N(CC(N)=O)C3)CC2)c1. The summed E-state index contributed by atoms with van der Waals surface area (Å²) in [6.45, 7) is 4.03. The molecule has 1 spiro atoms. The standard InChI is InChI=1S/C20H27N3O3/c1-15-3-2-4-16(11-15)12-19(26)22-9-7-20(8-10-22)6-5-18(25)23(14-20)13-17(21)24/h2-4,11H,5-10,12-14H2,1H3,(H2,21,24). The van der Waals surface area contributed by atoms with Crippen molar-refractivity contribution in [2.45, 2.75) is 39.0 Å². The first-order chi connectivity index (χ1) is 12.4. The van der Waals surface area contributed by atoms with E-state index in [2.05, 4.69) is 6.07 Å². The van der Waals surface area contributed by atoms with E-state index in [1.165, 1.54) is 0 Å². The lowest BCUT2D eigenvalue weighted by Crippen LogP contribution is -2.54. The Balaban J connectivity index is 1.57. The molecule has 3 amide bonds. The highest BCUT2D eigenvalue weighted by molar-refractivity contribution is 5.84. The molecule has 26 heavy (non-hydrogen) atoms. The molecule has 6 nitrogen and oxygen atoms in total. The maximum Gasteiger partial charge on any atom is 0.237 e. The van der Waals surface area contributed by atoms with Crippen LogP contribution >= 0.6 is 0 Å². The monoisotopic (exact) mass is 357 g/mol. The number of nitrogens with zero attached hydrogens (tertiary/aromatic N) is 2. The molecule has 2 fully saturated rings. The van der Waals surface area contributed by atoms with Crippen LogP contribution in [0.15, 0.2) is 24.3 Å². The number of hydrogen-bond acceptors (Lipinski definition) is 3. The third-order valence-electron chi connectivity index (χ3n) is 5.71. The molecule has 2 heterocycles. The number of rotatable bonds is 4. The lowest BCUT2D eigenvalue weighted by Gasteiger charge is -2.47. The molecule has 3 rings (SSSR count). The number of carbonyl (C=O) groups excluding carboxylic acids is 3. The first-order valence-electron chi connectivity index (χ1n) is 9.26. The van der Waals surface area contributed by atoms with E-state index < -0.39 is 5.91 Å². The molecular weight excluding hydrogens is 330 g/mol. The molecule has 2 N–H and O–H groups in total. The van der Waals surface area contributed by atoms with Gasteiger partial charge in [-0.05, 0) is 37.2 Å². The quantitative estimate of drug-likeness (QED) is 0.880. The second-order valence-electron chi connectivity index (χ2n) is 7.76. The minimum Gasteiger partial charge on any atom is -0.368 e. The Morgan fingerprint density at radius 2 is 1.92 bits per heavy atom. The average Bonchev–Trinajstić information content (AvgIpc) is 2.58. The van der Waals surface area contributed by atoms with E-state index in [4.69, 9.17) is 5.73 Å². The number of likely N-dealkylation sites (tertiary alicyclic amines) is 2. The fraction of sp³-hybridized carbons (Fsp3) is 0.550. The second-order valence-corrected chi connectivity index (χ2v) is 7.76. The number of hydrogen-bond donors (Lipinski definition) is 1. The summed E-state index contributed by atoms with van der Waals surface area (Å²) in [7, 11) is 0. The van der Waals surface area contributed by atoms with Crippen molar-refractivity contribution in [2.75, 3.05) is 26.2 Å². The Morgan fingerprint density at radius 3 is 2.58 bits per heavy atom. The molecule has 0 atom stereocenters. The van der Waals surface area contributed by atoms with Crippen molar-refractivity contribution in [3.63, 3.8) is 0 Å². The van der Waals surface area contributed by atoms with Crippen LogP contribution in [0.3, 0.4) is 0 Å². The Kier molecular flexibility index (Phi) is 5.30. The maximum absolute atomic E-state index is 12.6. The Labute approximate surface area is 154 Å². The van der Waals surface area contributed by atoms with Gasteiger partial charge < -0.3 is 15.5 Å². The summed E-state index contributed by atoms with van der Waals surface area (Å²) >= 11 is 0. The molecule has 0 aliphatic carbocycles. The van der Waals surface area contributed by atoms with Crippen LogP contribution in [0.4, 0.5) is 0 Å². The van der Waals surface area contributed by atoms with Crippen LogP contribution in [0.1, 0.15) is 36.8 Å². The van der Waals surface area contributed by atoms with Crippen molar-refractivity contribution >= 4 is 17.7 Å². The molecule has 2 aliphatic rings. The van der Waals surface area contributed by atoms with Crippen molar-refractivity contribution < 1.29 is 14.4 Å². The number of primary amides is 1. The van der Waals surface area contributed by atoms with Crippen molar-refractivity contribution in [3.05, 3.63) is 35.4 Å². The predicted octanol–water partition coefficient (Wildman–Crippen LogP) is 1.25. The number of nitrogens with two attached hydrogens (primary N) is 1. The zero-order chi connectivity index (χ0) is 18.7. The Hall–Kier alpha value is -2.37. The molecule has 0 aromatic heterocycles. The first kappa shape index (κ1) is 18.4. The van der Waals surface area contributed by atoms with Crippen LogP contribution < -0.4 is 5.73 Å². The number of piperidine rings is 2. The number of carbonyl (C=O) groups is 3. The number of benzene rings is 1. The Morgan fingerprint density at radius 1 is 1.19 bits per heavy atom. The predicted molar refractivity (Wildman–Crippen MR) is 98.1 cm³/mol. The van der Waals surface area contributed by atoms with Crippen molar-refractivity contribution in [3.8, 4) is 0 Å². The van der Waals surface area contributed by atoms with Crippen molar-refractivity contribution in [1.82, 2.24) is 9.80 Å². The first-order valence-corrected chi connectivity index (χ1v) is 9.26. The van der Waals surface area contributed by atoms with Gasteiger partial charge in [-0.15, -0.1) is 0 Å². The van der Waals surface area contributed by atoms with Gasteiger partial charge in [-0.2, -0.15) is 0 Å². The van der Waals surface area contributed by atoms with E-state index in [9.17, 15) is 14.4 Å². The molecule has 6 heteroatoms. The van der Waals surface area contributed by atoms with Crippen LogP contribution in [-0.4, -0.2) is 53.7 Å². The lowest BCUT2D eigenvalue weighted by molar-refractivity contribution is -0.144. The molecule has 140 valence electrons. The summed E-state index contributed by atoms with van der Waals surface area (Å²) < 4.78 is 0. The van der Waals surface area contributed by atoms with E-state index in [1.807, 2.05) is 30.0 Å². The van der Waals surface area contributed by atoms with Gasteiger partial charge in [0.1, 0.15) is 0 Å². The van der Waals surface area contributed by atoms with Crippen LogP contribution in [0.2, 0.25) is 0 Å². The summed E-state index contributed by atoms with van der Waals surface area (Å²) in [5, 5.41) is 0. The van der Waals surface area contributed by atoms with Gasteiger partial charge in [0.05, 0.1) is 13.0 Å². The van der Waals surface area contributed by atoms with Gasteiger partial charge in [0.25, 0.3) is 0 Å².